The van der Waals surface area contributed by atoms with Crippen molar-refractivity contribution in [2.45, 2.75) is 38.7 Å². The van der Waals surface area contributed by atoms with E-state index in [-0.39, 0.29) is 5.91 Å². The number of hydrogen-bond donors (Lipinski definition) is 1. The summed E-state index contributed by atoms with van der Waals surface area (Å²) in [6.07, 6.45) is 4.17. The van der Waals surface area contributed by atoms with Gasteiger partial charge in [0.05, 0.1) is 22.8 Å². The summed E-state index contributed by atoms with van der Waals surface area (Å²) < 4.78 is 0. The number of thiazole rings is 1. The average molecular weight is 389 g/mol. The number of aliphatic hydroxyl groups is 1. The van der Waals surface area contributed by atoms with Crippen LogP contribution in [0.5, 0.6) is 0 Å². The first kappa shape index (κ1) is 19.9. The molecule has 1 amide bonds. The van der Waals surface area contributed by atoms with Gasteiger partial charge in [0.25, 0.3) is 5.91 Å². The Bertz CT molecular complexity index is 780. The number of piperidine rings is 1. The third kappa shape index (κ3) is 5.12. The van der Waals surface area contributed by atoms with E-state index in [0.717, 1.165) is 35.8 Å². The molecular weight excluding hydrogens is 360 g/mol. The molecule has 2 aromatic heterocycles. The number of amides is 1. The van der Waals surface area contributed by atoms with Crippen molar-refractivity contribution in [1.82, 2.24) is 19.8 Å². The summed E-state index contributed by atoms with van der Waals surface area (Å²) in [4.78, 5) is 26.2. The van der Waals surface area contributed by atoms with Crippen molar-refractivity contribution in [3.8, 4) is 0 Å². The predicted octanol–water partition coefficient (Wildman–Crippen LogP) is 2.30. The number of pyridine rings is 1. The third-order valence-corrected chi connectivity index (χ3v) is 6.04. The van der Waals surface area contributed by atoms with Gasteiger partial charge in [-0.2, -0.15) is 0 Å². The zero-order valence-corrected chi connectivity index (χ0v) is 17.1. The maximum atomic E-state index is 12.9. The van der Waals surface area contributed by atoms with Gasteiger partial charge in [-0.3, -0.25) is 9.78 Å². The van der Waals surface area contributed by atoms with Crippen LogP contribution in [0.1, 0.15) is 38.9 Å². The van der Waals surface area contributed by atoms with Crippen LogP contribution in [0.2, 0.25) is 0 Å². The minimum absolute atomic E-state index is 0.00707. The first-order valence-electron chi connectivity index (χ1n) is 9.40. The molecule has 0 spiro atoms. The molecule has 0 aromatic carbocycles. The van der Waals surface area contributed by atoms with Gasteiger partial charge in [0.1, 0.15) is 4.88 Å². The van der Waals surface area contributed by atoms with Gasteiger partial charge in [0.2, 0.25) is 0 Å². The third-order valence-electron chi connectivity index (χ3n) is 4.98. The molecule has 0 saturated carbocycles. The fourth-order valence-electron chi connectivity index (χ4n) is 3.72. The zero-order chi connectivity index (χ0) is 19.4. The van der Waals surface area contributed by atoms with Crippen LogP contribution in [0, 0.1) is 13.8 Å². The van der Waals surface area contributed by atoms with E-state index in [0.29, 0.717) is 30.9 Å². The van der Waals surface area contributed by atoms with Crippen LogP contribution < -0.4 is 0 Å². The lowest BCUT2D eigenvalue weighted by molar-refractivity contribution is -0.0424. The summed E-state index contributed by atoms with van der Waals surface area (Å²) >= 11 is 1.43. The van der Waals surface area contributed by atoms with Crippen LogP contribution in [0.3, 0.4) is 0 Å². The first-order chi connectivity index (χ1) is 12.9. The van der Waals surface area contributed by atoms with Crippen LogP contribution in [0.25, 0.3) is 0 Å². The highest BCUT2D eigenvalue weighted by Crippen LogP contribution is 2.26. The Labute approximate surface area is 164 Å². The second kappa shape index (κ2) is 8.46. The van der Waals surface area contributed by atoms with Gasteiger partial charge in [-0.05, 0) is 45.9 Å². The Morgan fingerprint density at radius 3 is 2.89 bits per heavy atom. The molecule has 1 saturated heterocycles. The van der Waals surface area contributed by atoms with Gasteiger partial charge < -0.3 is 14.9 Å². The molecule has 3 rings (SSSR count). The quantitative estimate of drug-likeness (QED) is 0.822. The molecule has 1 aliphatic heterocycles. The molecule has 1 fully saturated rings. The number of hydrogen-bond acceptors (Lipinski definition) is 6. The smallest absolute Gasteiger partial charge is 0.265 e. The Morgan fingerprint density at radius 1 is 1.41 bits per heavy atom. The second-order valence-electron chi connectivity index (χ2n) is 7.51. The summed E-state index contributed by atoms with van der Waals surface area (Å²) in [7, 11) is 2.01. The fraction of sp³-hybridized carbons (Fsp3) is 0.550. The van der Waals surface area contributed by atoms with E-state index in [9.17, 15) is 9.90 Å². The van der Waals surface area contributed by atoms with Crippen LogP contribution >= 0.6 is 11.3 Å². The molecule has 7 heteroatoms. The number of aryl methyl sites for hydroxylation is 2. The Kier molecular flexibility index (Phi) is 6.24. The molecule has 3 heterocycles. The van der Waals surface area contributed by atoms with Crippen LogP contribution in [-0.2, 0) is 6.42 Å². The Hall–Kier alpha value is -1.83. The minimum Gasteiger partial charge on any atom is -0.387 e. The molecule has 2 aromatic rings. The van der Waals surface area contributed by atoms with Crippen LogP contribution in [0.4, 0.5) is 0 Å². The highest BCUT2D eigenvalue weighted by Gasteiger charge is 2.37. The molecule has 146 valence electrons. The number of aromatic nitrogens is 2. The van der Waals surface area contributed by atoms with Gasteiger partial charge >= 0.3 is 0 Å². The van der Waals surface area contributed by atoms with Crippen LogP contribution in [-0.4, -0.2) is 69.6 Å². The van der Waals surface area contributed by atoms with Gasteiger partial charge in [-0.15, -0.1) is 11.3 Å². The van der Waals surface area contributed by atoms with Gasteiger partial charge in [0.15, 0.2) is 0 Å². The van der Waals surface area contributed by atoms with Gasteiger partial charge in [0, 0.05) is 37.9 Å². The zero-order valence-electron chi connectivity index (χ0n) is 16.3. The van der Waals surface area contributed by atoms with Crippen molar-refractivity contribution < 1.29 is 9.90 Å². The van der Waals surface area contributed by atoms with Crippen LogP contribution in [0.15, 0.2) is 24.4 Å². The SMILES string of the molecule is Cc1nc(C)c(C(=O)N2CCCC(O)(CN(C)CCc3ccccn3)C2)s1. The molecule has 0 radical (unpaired) electrons. The fourth-order valence-corrected chi connectivity index (χ4v) is 4.61. The molecule has 1 atom stereocenters. The standard InChI is InChI=1S/C20H28N4O2S/c1-15-18(27-16(2)22-15)19(25)24-11-6-9-20(26,14-24)13-23(3)12-8-17-7-4-5-10-21-17/h4-5,7,10,26H,6,8-9,11-14H2,1-3H3. The molecule has 1 N–H and O–H groups in total. The van der Waals surface area contributed by atoms with Crippen molar-refractivity contribution >= 4 is 17.2 Å². The molecule has 0 aliphatic carbocycles. The number of rotatable bonds is 6. The number of likely N-dealkylation sites (N-methyl/N-ethyl adjacent to an activating group) is 1. The highest BCUT2D eigenvalue weighted by atomic mass is 32.1. The molecule has 0 bridgehead atoms. The monoisotopic (exact) mass is 388 g/mol. The summed E-state index contributed by atoms with van der Waals surface area (Å²) in [5.74, 6) is -0.00707. The number of carbonyl (C=O) groups is 1. The largest absolute Gasteiger partial charge is 0.387 e. The summed E-state index contributed by atoms with van der Waals surface area (Å²) in [5.41, 5.74) is 0.956. The Morgan fingerprint density at radius 2 is 2.22 bits per heavy atom. The number of likely N-dealkylation sites (tertiary alicyclic amines) is 1. The van der Waals surface area contributed by atoms with E-state index >= 15 is 0 Å². The van der Waals surface area contributed by atoms with E-state index < -0.39 is 5.60 Å². The maximum absolute atomic E-state index is 12.9. The van der Waals surface area contributed by atoms with E-state index in [1.807, 2.05) is 39.1 Å². The lowest BCUT2D eigenvalue weighted by Crippen LogP contribution is -2.55. The van der Waals surface area contributed by atoms with E-state index in [1.165, 1.54) is 11.3 Å². The highest BCUT2D eigenvalue weighted by molar-refractivity contribution is 7.13. The van der Waals surface area contributed by atoms with E-state index in [4.69, 9.17) is 0 Å². The van der Waals surface area contributed by atoms with Crippen molar-refractivity contribution in [1.29, 1.82) is 0 Å². The lowest BCUT2D eigenvalue weighted by atomic mass is 9.92. The normalized spacial score (nSPS) is 20.3. The molecule has 27 heavy (non-hydrogen) atoms. The predicted molar refractivity (Wildman–Crippen MR) is 107 cm³/mol. The molecular formula is C20H28N4O2S. The van der Waals surface area contributed by atoms with Gasteiger partial charge in [-0.25, -0.2) is 4.98 Å². The summed E-state index contributed by atoms with van der Waals surface area (Å²) in [6.45, 7) is 6.21. The summed E-state index contributed by atoms with van der Waals surface area (Å²) in [5, 5.41) is 12.0. The van der Waals surface area contributed by atoms with E-state index in [1.54, 1.807) is 11.1 Å². The van der Waals surface area contributed by atoms with E-state index in [2.05, 4.69) is 14.9 Å². The average Bonchev–Trinajstić information content (AvgIpc) is 2.98. The van der Waals surface area contributed by atoms with Crippen molar-refractivity contribution in [2.75, 3.05) is 33.2 Å². The van der Waals surface area contributed by atoms with Gasteiger partial charge in [-0.1, -0.05) is 6.07 Å². The molecule has 1 unspecified atom stereocenters. The van der Waals surface area contributed by atoms with Crippen molar-refractivity contribution in [3.05, 3.63) is 45.7 Å². The van der Waals surface area contributed by atoms with Crippen molar-refractivity contribution in [3.63, 3.8) is 0 Å². The van der Waals surface area contributed by atoms with Crippen molar-refractivity contribution in [2.24, 2.45) is 0 Å². The lowest BCUT2D eigenvalue weighted by Gasteiger charge is -2.41. The number of nitrogens with zero attached hydrogens (tertiary/aromatic N) is 4. The molecule has 6 nitrogen and oxygen atoms in total. The summed E-state index contributed by atoms with van der Waals surface area (Å²) in [6, 6.07) is 5.92. The number of β-amino-alcohol motifs (C(OH)–C–C–N with tert-alkyl or cyclic N) is 1. The number of carbonyl (C=O) groups excluding carboxylic acids is 1. The topological polar surface area (TPSA) is 69.6 Å². The first-order valence-corrected chi connectivity index (χ1v) is 10.2. The minimum atomic E-state index is -0.875. The molecule has 1 aliphatic rings. The maximum Gasteiger partial charge on any atom is 0.265 e. The second-order valence-corrected chi connectivity index (χ2v) is 8.71. The Balaban J connectivity index is 1.58.